The minimum absolute atomic E-state index is 0.283. The summed E-state index contributed by atoms with van der Waals surface area (Å²) in [6.45, 7) is 4.25. The topological polar surface area (TPSA) is 20.3 Å². The van der Waals surface area contributed by atoms with E-state index in [4.69, 9.17) is 0 Å². The van der Waals surface area contributed by atoms with Gasteiger partial charge >= 0.3 is 0 Å². The van der Waals surface area contributed by atoms with Crippen LogP contribution < -0.4 is 4.90 Å². The van der Waals surface area contributed by atoms with E-state index in [1.54, 1.807) is 11.3 Å². The minimum atomic E-state index is 0.283. The zero-order chi connectivity index (χ0) is 14.7. The molecule has 1 aliphatic heterocycles. The average Bonchev–Trinajstić information content (AvgIpc) is 3.01. The lowest BCUT2D eigenvalue weighted by Gasteiger charge is -2.31. The van der Waals surface area contributed by atoms with Crippen molar-refractivity contribution in [2.45, 2.75) is 32.6 Å². The maximum atomic E-state index is 12.0. The Morgan fingerprint density at radius 2 is 2.24 bits per heavy atom. The molecule has 0 bridgehead atoms. The van der Waals surface area contributed by atoms with Crippen molar-refractivity contribution >= 4 is 22.8 Å². The van der Waals surface area contributed by atoms with Gasteiger partial charge in [0, 0.05) is 25.2 Å². The van der Waals surface area contributed by atoms with Crippen molar-refractivity contribution in [1.29, 1.82) is 0 Å². The normalized spacial score (nSPS) is 14.0. The minimum Gasteiger partial charge on any atom is -0.371 e. The Kier molecular flexibility index (Phi) is 4.39. The Hall–Kier alpha value is -1.61. The molecule has 2 nitrogen and oxygen atoms in total. The van der Waals surface area contributed by atoms with Crippen LogP contribution >= 0.6 is 11.3 Å². The van der Waals surface area contributed by atoms with E-state index in [2.05, 4.69) is 30.0 Å². The van der Waals surface area contributed by atoms with Gasteiger partial charge in [-0.25, -0.2) is 0 Å². The van der Waals surface area contributed by atoms with Gasteiger partial charge in [0.25, 0.3) is 0 Å². The van der Waals surface area contributed by atoms with Gasteiger partial charge < -0.3 is 4.90 Å². The number of anilines is 1. The molecule has 1 aliphatic rings. The summed E-state index contributed by atoms with van der Waals surface area (Å²) in [5.41, 5.74) is 4.17. The van der Waals surface area contributed by atoms with Crippen molar-refractivity contribution < 1.29 is 4.79 Å². The van der Waals surface area contributed by atoms with Gasteiger partial charge in [-0.3, -0.25) is 4.79 Å². The molecule has 2 heterocycles. The molecule has 0 atom stereocenters. The summed E-state index contributed by atoms with van der Waals surface area (Å²) in [5, 5.41) is 1.97. The maximum absolute atomic E-state index is 12.0. The molecule has 3 rings (SSSR count). The van der Waals surface area contributed by atoms with Gasteiger partial charge in [-0.2, -0.15) is 0 Å². The Labute approximate surface area is 130 Å². The van der Waals surface area contributed by atoms with Crippen molar-refractivity contribution in [2.24, 2.45) is 0 Å². The van der Waals surface area contributed by atoms with Crippen LogP contribution in [0.25, 0.3) is 0 Å². The summed E-state index contributed by atoms with van der Waals surface area (Å²) in [6.07, 6.45) is 3.99. The summed E-state index contributed by atoms with van der Waals surface area (Å²) >= 11 is 1.54. The monoisotopic (exact) mass is 299 g/mol. The van der Waals surface area contributed by atoms with Gasteiger partial charge in [-0.15, -0.1) is 11.3 Å². The molecule has 0 spiro atoms. The molecule has 1 aromatic heterocycles. The first kappa shape index (κ1) is 14.3. The summed E-state index contributed by atoms with van der Waals surface area (Å²) < 4.78 is 0. The summed E-state index contributed by atoms with van der Waals surface area (Å²) in [5.74, 6) is 0.283. The van der Waals surface area contributed by atoms with Gasteiger partial charge in [0.1, 0.15) is 0 Å². The van der Waals surface area contributed by atoms with Gasteiger partial charge in [0.15, 0.2) is 5.78 Å². The third-order valence-corrected chi connectivity index (χ3v) is 4.99. The van der Waals surface area contributed by atoms with E-state index < -0.39 is 0 Å². The van der Waals surface area contributed by atoms with Crippen LogP contribution in [-0.2, 0) is 6.42 Å². The van der Waals surface area contributed by atoms with Crippen molar-refractivity contribution in [2.75, 3.05) is 18.0 Å². The molecule has 0 fully saturated rings. The summed E-state index contributed by atoms with van der Waals surface area (Å²) in [7, 11) is 0. The highest BCUT2D eigenvalue weighted by Crippen LogP contribution is 2.28. The summed E-state index contributed by atoms with van der Waals surface area (Å²) in [6, 6.07) is 10.6. The first-order chi connectivity index (χ1) is 10.2. The zero-order valence-electron chi connectivity index (χ0n) is 12.5. The van der Waals surface area contributed by atoms with Crippen molar-refractivity contribution in [1.82, 2.24) is 0 Å². The molecule has 0 saturated carbocycles. The molecule has 0 unspecified atom stereocenters. The lowest BCUT2D eigenvalue weighted by molar-refractivity contribution is 0.0984. The van der Waals surface area contributed by atoms with E-state index in [0.29, 0.717) is 6.42 Å². The lowest BCUT2D eigenvalue weighted by atomic mass is 9.99. The number of carbonyl (C=O) groups is 1. The zero-order valence-corrected chi connectivity index (χ0v) is 13.3. The maximum Gasteiger partial charge on any atom is 0.172 e. The van der Waals surface area contributed by atoms with Gasteiger partial charge in [-0.05, 0) is 49.3 Å². The van der Waals surface area contributed by atoms with Crippen LogP contribution in [0.1, 0.15) is 40.1 Å². The standard InChI is InChI=1S/C18H21NOS/c1-14-8-9-16-15(13-14)5-2-10-19(16)11-3-6-17(20)18-7-4-12-21-18/h4,7-9,12-13H,2-3,5-6,10-11H2,1H3. The second-order valence-electron chi connectivity index (χ2n) is 5.73. The molecule has 2 aromatic rings. The lowest BCUT2D eigenvalue weighted by Crippen LogP contribution is -2.30. The Morgan fingerprint density at radius 3 is 3.05 bits per heavy atom. The number of carbonyl (C=O) groups excluding carboxylic acids is 1. The number of fused-ring (bicyclic) bond motifs is 1. The molecule has 0 amide bonds. The molecule has 1 aromatic carbocycles. The Balaban J connectivity index is 1.58. The van der Waals surface area contributed by atoms with Crippen molar-refractivity contribution in [3.8, 4) is 0 Å². The number of aryl methyl sites for hydroxylation is 2. The second-order valence-corrected chi connectivity index (χ2v) is 6.67. The quantitative estimate of drug-likeness (QED) is 0.759. The third-order valence-electron chi connectivity index (χ3n) is 4.08. The number of ketones is 1. The Morgan fingerprint density at radius 1 is 1.33 bits per heavy atom. The number of hydrogen-bond donors (Lipinski definition) is 0. The molecule has 0 N–H and O–H groups in total. The van der Waals surface area contributed by atoms with Crippen molar-refractivity contribution in [3.63, 3.8) is 0 Å². The highest BCUT2D eigenvalue weighted by atomic mass is 32.1. The van der Waals surface area contributed by atoms with E-state index in [1.807, 2.05) is 17.5 Å². The van der Waals surface area contributed by atoms with Crippen LogP contribution in [0.3, 0.4) is 0 Å². The number of benzene rings is 1. The van der Waals surface area contributed by atoms with E-state index in [1.165, 1.54) is 29.7 Å². The van der Waals surface area contributed by atoms with E-state index in [9.17, 15) is 4.79 Å². The molecule has 0 aliphatic carbocycles. The highest BCUT2D eigenvalue weighted by Gasteiger charge is 2.17. The Bertz CT molecular complexity index is 618. The SMILES string of the molecule is Cc1ccc2c(c1)CCCN2CCCC(=O)c1cccs1. The molecule has 0 saturated heterocycles. The van der Waals surface area contributed by atoms with Crippen LogP contribution in [0.4, 0.5) is 5.69 Å². The van der Waals surface area contributed by atoms with Gasteiger partial charge in [0.2, 0.25) is 0 Å². The number of hydrogen-bond acceptors (Lipinski definition) is 3. The highest BCUT2D eigenvalue weighted by molar-refractivity contribution is 7.12. The van der Waals surface area contributed by atoms with Crippen LogP contribution in [-0.4, -0.2) is 18.9 Å². The van der Waals surface area contributed by atoms with Crippen LogP contribution in [0.15, 0.2) is 35.7 Å². The fraction of sp³-hybridized carbons (Fsp3) is 0.389. The van der Waals surface area contributed by atoms with Gasteiger partial charge in [-0.1, -0.05) is 23.8 Å². The first-order valence-corrected chi connectivity index (χ1v) is 8.53. The molecule has 0 radical (unpaired) electrons. The number of nitrogens with zero attached hydrogens (tertiary/aromatic N) is 1. The third kappa shape index (κ3) is 3.35. The molecular weight excluding hydrogens is 278 g/mol. The smallest absolute Gasteiger partial charge is 0.172 e. The summed E-state index contributed by atoms with van der Waals surface area (Å²) in [4.78, 5) is 15.4. The number of thiophene rings is 1. The second kappa shape index (κ2) is 6.44. The van der Waals surface area contributed by atoms with Crippen molar-refractivity contribution in [3.05, 3.63) is 51.7 Å². The van der Waals surface area contributed by atoms with Gasteiger partial charge in [0.05, 0.1) is 4.88 Å². The fourth-order valence-corrected chi connectivity index (χ4v) is 3.72. The average molecular weight is 299 g/mol. The fourth-order valence-electron chi connectivity index (χ4n) is 3.03. The van der Waals surface area contributed by atoms with E-state index in [0.717, 1.165) is 24.4 Å². The molecule has 3 heteroatoms. The largest absolute Gasteiger partial charge is 0.371 e. The van der Waals surface area contributed by atoms with Crippen LogP contribution in [0, 0.1) is 6.92 Å². The van der Waals surface area contributed by atoms with E-state index in [-0.39, 0.29) is 5.78 Å². The molecular formula is C18H21NOS. The van der Waals surface area contributed by atoms with Crippen LogP contribution in [0.2, 0.25) is 0 Å². The predicted molar refractivity (Wildman–Crippen MR) is 89.6 cm³/mol. The number of rotatable bonds is 5. The molecule has 110 valence electrons. The first-order valence-electron chi connectivity index (χ1n) is 7.65. The van der Waals surface area contributed by atoms with E-state index >= 15 is 0 Å². The number of Topliss-reactive ketones (excluding diaryl/α,β-unsaturated/α-hetero) is 1. The molecule has 21 heavy (non-hydrogen) atoms. The predicted octanol–water partition coefficient (Wildman–Crippen LogP) is 4.47. The van der Waals surface area contributed by atoms with Crippen LogP contribution in [0.5, 0.6) is 0 Å².